The van der Waals surface area contributed by atoms with Crippen LogP contribution in [0.4, 0.5) is 0 Å². The van der Waals surface area contributed by atoms with Gasteiger partial charge >= 0.3 is 0 Å². The summed E-state index contributed by atoms with van der Waals surface area (Å²) in [5.74, 6) is -0.847. The zero-order chi connectivity index (χ0) is 11.8. The highest BCUT2D eigenvalue weighted by Gasteiger charge is 2.11. The summed E-state index contributed by atoms with van der Waals surface area (Å²) in [5, 5.41) is 3.34. The smallest absolute Gasteiger partial charge is 0.287 e. The molecule has 1 aromatic rings. The van der Waals surface area contributed by atoms with Gasteiger partial charge in [-0.25, -0.2) is 0 Å². The van der Waals surface area contributed by atoms with E-state index < -0.39 is 5.91 Å². The molecule has 0 saturated carbocycles. The molecule has 0 aliphatic heterocycles. The van der Waals surface area contributed by atoms with Crippen LogP contribution in [0.3, 0.4) is 0 Å². The van der Waals surface area contributed by atoms with Gasteiger partial charge in [0.25, 0.3) is 5.91 Å². The van der Waals surface area contributed by atoms with Gasteiger partial charge in [-0.15, -0.1) is 0 Å². The molecule has 16 heavy (non-hydrogen) atoms. The van der Waals surface area contributed by atoms with E-state index in [0.29, 0.717) is 19.4 Å². The molecule has 0 radical (unpaired) electrons. The molecule has 0 aromatic heterocycles. The Kier molecular flexibility index (Phi) is 5.78. The van der Waals surface area contributed by atoms with Crippen molar-refractivity contribution in [2.75, 3.05) is 5.33 Å². The van der Waals surface area contributed by atoms with Crippen LogP contribution >= 0.6 is 15.9 Å². The first-order valence-corrected chi connectivity index (χ1v) is 6.27. The fraction of sp³-hybridized carbons (Fsp3) is 0.333. The zero-order valence-electron chi connectivity index (χ0n) is 8.91. The molecule has 0 spiro atoms. The molecule has 0 saturated heterocycles. The van der Waals surface area contributed by atoms with Gasteiger partial charge in [0.1, 0.15) is 0 Å². The van der Waals surface area contributed by atoms with Crippen LogP contribution < -0.4 is 5.32 Å². The highest BCUT2D eigenvalue weighted by atomic mass is 79.9. The number of Topliss-reactive ketones (excluding diaryl/α,β-unsaturated/α-hetero) is 1. The van der Waals surface area contributed by atoms with E-state index in [1.165, 1.54) is 0 Å². The monoisotopic (exact) mass is 283 g/mol. The van der Waals surface area contributed by atoms with E-state index in [1.807, 2.05) is 30.3 Å². The summed E-state index contributed by atoms with van der Waals surface area (Å²) in [6.07, 6.45) is 0.990. The first-order valence-electron chi connectivity index (χ1n) is 5.15. The van der Waals surface area contributed by atoms with Crippen molar-refractivity contribution in [1.29, 1.82) is 0 Å². The second-order valence-corrected chi connectivity index (χ2v) is 4.18. The van der Waals surface area contributed by atoms with E-state index in [-0.39, 0.29) is 5.78 Å². The number of rotatable bonds is 6. The molecule has 4 heteroatoms. The molecule has 0 aliphatic rings. The molecular formula is C12H14BrNO2. The van der Waals surface area contributed by atoms with Gasteiger partial charge in [0, 0.05) is 18.3 Å². The number of benzene rings is 1. The van der Waals surface area contributed by atoms with E-state index in [4.69, 9.17) is 0 Å². The summed E-state index contributed by atoms with van der Waals surface area (Å²) in [5.41, 5.74) is 0.990. The molecule has 0 bridgehead atoms. The molecule has 1 aromatic carbocycles. The number of amides is 1. The number of carbonyl (C=O) groups excluding carboxylic acids is 2. The molecule has 0 unspecified atom stereocenters. The molecule has 86 valence electrons. The highest BCUT2D eigenvalue weighted by Crippen LogP contribution is 1.98. The third-order valence-electron chi connectivity index (χ3n) is 2.09. The van der Waals surface area contributed by atoms with Crippen molar-refractivity contribution in [2.45, 2.75) is 19.4 Å². The quantitative estimate of drug-likeness (QED) is 0.642. The number of alkyl halides is 1. The summed E-state index contributed by atoms with van der Waals surface area (Å²) in [7, 11) is 0. The zero-order valence-corrected chi connectivity index (χ0v) is 10.5. The Bertz CT molecular complexity index is 351. The van der Waals surface area contributed by atoms with Crippen LogP contribution in [0.1, 0.15) is 18.4 Å². The van der Waals surface area contributed by atoms with Crippen LogP contribution in [-0.2, 0) is 16.1 Å². The van der Waals surface area contributed by atoms with Crippen molar-refractivity contribution in [1.82, 2.24) is 5.32 Å². The number of halogens is 1. The van der Waals surface area contributed by atoms with Crippen molar-refractivity contribution >= 4 is 27.6 Å². The minimum Gasteiger partial charge on any atom is -0.345 e. The van der Waals surface area contributed by atoms with Crippen LogP contribution in [-0.4, -0.2) is 17.0 Å². The lowest BCUT2D eigenvalue weighted by atomic mass is 10.2. The molecule has 1 N–H and O–H groups in total. The normalized spacial score (nSPS) is 9.81. The third kappa shape index (κ3) is 4.57. The average molecular weight is 284 g/mol. The van der Waals surface area contributed by atoms with Crippen LogP contribution in [0.2, 0.25) is 0 Å². The predicted molar refractivity (Wildman–Crippen MR) is 66.3 cm³/mol. The first-order chi connectivity index (χ1) is 7.74. The van der Waals surface area contributed by atoms with Crippen molar-refractivity contribution in [3.05, 3.63) is 35.9 Å². The van der Waals surface area contributed by atoms with Gasteiger partial charge < -0.3 is 5.32 Å². The maximum atomic E-state index is 11.3. The Morgan fingerprint density at radius 1 is 1.19 bits per heavy atom. The predicted octanol–water partition coefficient (Wildman–Crippen LogP) is 2.05. The molecule has 0 atom stereocenters. The number of carbonyl (C=O) groups is 2. The van der Waals surface area contributed by atoms with Gasteiger partial charge in [0.15, 0.2) is 0 Å². The van der Waals surface area contributed by atoms with Gasteiger partial charge in [0.2, 0.25) is 5.78 Å². The van der Waals surface area contributed by atoms with Crippen molar-refractivity contribution in [3.63, 3.8) is 0 Å². The molecule has 0 fully saturated rings. The van der Waals surface area contributed by atoms with Crippen LogP contribution in [0.15, 0.2) is 30.3 Å². The Hall–Kier alpha value is -1.16. The lowest BCUT2D eigenvalue weighted by molar-refractivity contribution is -0.138. The second-order valence-electron chi connectivity index (χ2n) is 3.38. The van der Waals surface area contributed by atoms with Crippen molar-refractivity contribution in [2.24, 2.45) is 0 Å². The van der Waals surface area contributed by atoms with E-state index >= 15 is 0 Å². The molecule has 0 heterocycles. The molecule has 0 aliphatic carbocycles. The maximum Gasteiger partial charge on any atom is 0.287 e. The van der Waals surface area contributed by atoms with E-state index in [1.54, 1.807) is 0 Å². The summed E-state index contributed by atoms with van der Waals surface area (Å²) < 4.78 is 0. The van der Waals surface area contributed by atoms with Gasteiger partial charge in [-0.2, -0.15) is 0 Å². The second kappa shape index (κ2) is 7.17. The minimum absolute atomic E-state index is 0.297. The fourth-order valence-electron chi connectivity index (χ4n) is 1.22. The summed E-state index contributed by atoms with van der Waals surface area (Å²) >= 11 is 3.22. The van der Waals surface area contributed by atoms with Gasteiger partial charge in [-0.3, -0.25) is 9.59 Å². The largest absolute Gasteiger partial charge is 0.345 e. The first kappa shape index (κ1) is 12.9. The number of nitrogens with one attached hydrogen (secondary N) is 1. The molecule has 1 rings (SSSR count). The Morgan fingerprint density at radius 2 is 1.88 bits per heavy atom. The molecular weight excluding hydrogens is 270 g/mol. The lowest BCUT2D eigenvalue weighted by Gasteiger charge is -2.03. The standard InChI is InChI=1S/C12H14BrNO2/c13-8-4-7-11(15)12(16)14-9-10-5-2-1-3-6-10/h1-3,5-6H,4,7-9H2,(H,14,16). The van der Waals surface area contributed by atoms with Crippen LogP contribution in [0.5, 0.6) is 0 Å². The SMILES string of the molecule is O=C(CCCBr)C(=O)NCc1ccccc1. The highest BCUT2D eigenvalue weighted by molar-refractivity contribution is 9.09. The number of ketones is 1. The lowest BCUT2D eigenvalue weighted by Crippen LogP contribution is -2.30. The Morgan fingerprint density at radius 3 is 2.50 bits per heavy atom. The minimum atomic E-state index is -0.496. The summed E-state index contributed by atoms with van der Waals surface area (Å²) in [6.45, 7) is 0.403. The molecule has 3 nitrogen and oxygen atoms in total. The Labute approximate surface area is 103 Å². The van der Waals surface area contributed by atoms with Crippen LogP contribution in [0, 0.1) is 0 Å². The Balaban J connectivity index is 2.32. The number of hydrogen-bond acceptors (Lipinski definition) is 2. The van der Waals surface area contributed by atoms with Gasteiger partial charge in [-0.1, -0.05) is 46.3 Å². The van der Waals surface area contributed by atoms with Gasteiger partial charge in [0.05, 0.1) is 0 Å². The average Bonchev–Trinajstić information content (AvgIpc) is 2.34. The third-order valence-corrected chi connectivity index (χ3v) is 2.65. The molecule has 1 amide bonds. The van der Waals surface area contributed by atoms with E-state index in [0.717, 1.165) is 10.9 Å². The van der Waals surface area contributed by atoms with Crippen molar-refractivity contribution < 1.29 is 9.59 Å². The van der Waals surface area contributed by atoms with E-state index in [9.17, 15) is 9.59 Å². The topological polar surface area (TPSA) is 46.2 Å². The number of hydrogen-bond donors (Lipinski definition) is 1. The van der Waals surface area contributed by atoms with E-state index in [2.05, 4.69) is 21.2 Å². The summed E-state index contributed by atoms with van der Waals surface area (Å²) in [6, 6.07) is 9.52. The summed E-state index contributed by atoms with van der Waals surface area (Å²) in [4.78, 5) is 22.6. The van der Waals surface area contributed by atoms with Crippen LogP contribution in [0.25, 0.3) is 0 Å². The van der Waals surface area contributed by atoms with Gasteiger partial charge in [-0.05, 0) is 12.0 Å². The fourth-order valence-corrected chi connectivity index (χ4v) is 1.50. The maximum absolute atomic E-state index is 11.3. The van der Waals surface area contributed by atoms with Crippen molar-refractivity contribution in [3.8, 4) is 0 Å².